The highest BCUT2D eigenvalue weighted by Gasteiger charge is 2.39. The molecule has 3 aromatic rings. The second-order valence-corrected chi connectivity index (χ2v) is 9.66. The van der Waals surface area contributed by atoms with Gasteiger partial charge in [0.1, 0.15) is 29.2 Å². The Morgan fingerprint density at radius 1 is 1.08 bits per heavy atom. The molecule has 0 amide bonds. The van der Waals surface area contributed by atoms with E-state index in [-0.39, 0.29) is 17.8 Å². The zero-order valence-electron chi connectivity index (χ0n) is 20.7. The minimum absolute atomic E-state index is 0.0213. The fourth-order valence-corrected chi connectivity index (χ4v) is 5.22. The number of hydrogen-bond donors (Lipinski definition) is 1. The number of methoxy groups -OCH3 is 2. The molecule has 2 unspecified atom stereocenters. The van der Waals surface area contributed by atoms with Gasteiger partial charge >= 0.3 is 5.97 Å². The van der Waals surface area contributed by atoms with Crippen LogP contribution in [-0.2, 0) is 11.2 Å². The third-order valence-electron chi connectivity index (χ3n) is 7.38. The number of carboxylic acid groups (broad SMARTS) is 1. The van der Waals surface area contributed by atoms with E-state index in [1.807, 2.05) is 6.07 Å². The lowest BCUT2D eigenvalue weighted by molar-refractivity contribution is -0.142. The summed E-state index contributed by atoms with van der Waals surface area (Å²) in [6, 6.07) is 12.5. The molecule has 1 fully saturated rings. The number of nitrogens with zero attached hydrogens (tertiary/aromatic N) is 1. The highest BCUT2D eigenvalue weighted by molar-refractivity contribution is 5.72. The van der Waals surface area contributed by atoms with E-state index in [9.17, 15) is 14.3 Å². The molecule has 3 atom stereocenters. The quantitative estimate of drug-likeness (QED) is 0.405. The summed E-state index contributed by atoms with van der Waals surface area (Å²) in [7, 11) is 3.08. The van der Waals surface area contributed by atoms with E-state index < -0.39 is 11.9 Å². The van der Waals surface area contributed by atoms with Crippen LogP contribution in [0.5, 0.6) is 17.2 Å². The molecule has 188 valence electrons. The van der Waals surface area contributed by atoms with Crippen LogP contribution in [0, 0.1) is 17.7 Å². The molecule has 1 saturated carbocycles. The summed E-state index contributed by atoms with van der Waals surface area (Å²) in [6.07, 6.45) is 5.01. The number of aryl methyl sites for hydroxylation is 1. The Labute approximate surface area is 210 Å². The minimum Gasteiger partial charge on any atom is -0.497 e. The lowest BCUT2D eigenvalue weighted by atomic mass is 9.82. The maximum Gasteiger partial charge on any atom is 0.306 e. The van der Waals surface area contributed by atoms with Crippen LogP contribution in [0.2, 0.25) is 0 Å². The first-order chi connectivity index (χ1) is 17.4. The second kappa shape index (κ2) is 9.80. The maximum absolute atomic E-state index is 14.6. The average Bonchev–Trinajstić information content (AvgIpc) is 3.73. The molecule has 36 heavy (non-hydrogen) atoms. The Hall–Kier alpha value is -3.61. The molecule has 0 radical (unpaired) electrons. The van der Waals surface area contributed by atoms with Crippen molar-refractivity contribution in [2.45, 2.75) is 44.6 Å². The van der Waals surface area contributed by atoms with Crippen LogP contribution < -0.4 is 14.2 Å². The summed E-state index contributed by atoms with van der Waals surface area (Å²) in [4.78, 5) is 16.4. The molecule has 7 heteroatoms. The van der Waals surface area contributed by atoms with Crippen molar-refractivity contribution in [2.75, 3.05) is 14.2 Å². The van der Waals surface area contributed by atoms with Gasteiger partial charge in [0.2, 0.25) is 0 Å². The second-order valence-electron chi connectivity index (χ2n) is 9.66. The van der Waals surface area contributed by atoms with E-state index in [1.54, 1.807) is 38.4 Å². The van der Waals surface area contributed by atoms with Gasteiger partial charge in [-0.3, -0.25) is 9.78 Å². The number of aliphatic carboxylic acids is 1. The Morgan fingerprint density at radius 2 is 1.89 bits per heavy atom. The van der Waals surface area contributed by atoms with Gasteiger partial charge in [-0.05, 0) is 72.9 Å². The standard InChI is InChI=1S/C29H30FNO5/c1-16(29(32)33)28(18-5-6-18)19-7-4-17-8-11-25(36-26(17)12-19)24-14-27(35-3)22(15-31-24)21-13-20(34-2)9-10-23(21)30/h4,7,9-10,12-16,18,25,28H,5-6,8,11H2,1-3H3,(H,32,33)/t16-,25?,28?/m0/s1. The molecule has 0 spiro atoms. The van der Waals surface area contributed by atoms with Crippen molar-refractivity contribution >= 4 is 5.97 Å². The zero-order chi connectivity index (χ0) is 25.4. The van der Waals surface area contributed by atoms with E-state index in [4.69, 9.17) is 14.2 Å². The summed E-state index contributed by atoms with van der Waals surface area (Å²) in [5, 5.41) is 9.64. The summed E-state index contributed by atoms with van der Waals surface area (Å²) in [5.41, 5.74) is 3.71. The largest absolute Gasteiger partial charge is 0.497 e. The number of carbonyl (C=O) groups is 1. The number of carboxylic acids is 1. The van der Waals surface area contributed by atoms with Gasteiger partial charge < -0.3 is 19.3 Å². The molecular formula is C29H30FNO5. The van der Waals surface area contributed by atoms with Crippen LogP contribution in [0.3, 0.4) is 0 Å². The van der Waals surface area contributed by atoms with Crippen LogP contribution >= 0.6 is 0 Å². The number of ether oxygens (including phenoxy) is 3. The van der Waals surface area contributed by atoms with E-state index in [0.29, 0.717) is 34.2 Å². The molecule has 5 rings (SSSR count). The van der Waals surface area contributed by atoms with Crippen LogP contribution in [0.25, 0.3) is 11.1 Å². The SMILES string of the molecule is COc1ccc(F)c(-c2cnc(C3CCc4ccc(C(C5CC5)[C@H](C)C(=O)O)cc4O3)cc2OC)c1. The van der Waals surface area contributed by atoms with Crippen LogP contribution in [0.1, 0.15) is 55.0 Å². The highest BCUT2D eigenvalue weighted by Crippen LogP contribution is 2.48. The van der Waals surface area contributed by atoms with Gasteiger partial charge in [0.15, 0.2) is 0 Å². The lowest BCUT2D eigenvalue weighted by Crippen LogP contribution is -2.21. The number of pyridine rings is 1. The molecule has 1 aliphatic heterocycles. The fraction of sp³-hybridized carbons (Fsp3) is 0.379. The van der Waals surface area contributed by atoms with Crippen molar-refractivity contribution in [3.8, 4) is 28.4 Å². The number of halogens is 1. The summed E-state index contributed by atoms with van der Waals surface area (Å²) in [5.74, 6) is 0.589. The molecule has 2 aromatic carbocycles. The number of benzene rings is 2. The first kappa shape index (κ1) is 24.1. The van der Waals surface area contributed by atoms with E-state index >= 15 is 0 Å². The summed E-state index contributed by atoms with van der Waals surface area (Å²) >= 11 is 0. The van der Waals surface area contributed by atoms with E-state index in [1.165, 1.54) is 13.2 Å². The normalized spacial score (nSPS) is 18.5. The number of fused-ring (bicyclic) bond motifs is 1. The monoisotopic (exact) mass is 491 g/mol. The van der Waals surface area contributed by atoms with Crippen LogP contribution in [0.15, 0.2) is 48.7 Å². The average molecular weight is 492 g/mol. The Morgan fingerprint density at radius 3 is 2.58 bits per heavy atom. The van der Waals surface area contributed by atoms with Gasteiger partial charge in [0.05, 0.1) is 25.8 Å². The van der Waals surface area contributed by atoms with Crippen molar-refractivity contribution in [1.82, 2.24) is 4.98 Å². The first-order valence-corrected chi connectivity index (χ1v) is 12.3. The Balaban J connectivity index is 1.43. The highest BCUT2D eigenvalue weighted by atomic mass is 19.1. The lowest BCUT2D eigenvalue weighted by Gasteiger charge is -2.28. The molecule has 1 aliphatic carbocycles. The summed E-state index contributed by atoms with van der Waals surface area (Å²) in [6.45, 7) is 1.79. The topological polar surface area (TPSA) is 77.9 Å². The molecular weight excluding hydrogens is 461 g/mol. The molecule has 6 nitrogen and oxygen atoms in total. The van der Waals surface area contributed by atoms with E-state index in [0.717, 1.165) is 42.6 Å². The molecule has 1 N–H and O–H groups in total. The van der Waals surface area contributed by atoms with Gasteiger partial charge in [-0.15, -0.1) is 0 Å². The maximum atomic E-state index is 14.6. The predicted molar refractivity (Wildman–Crippen MR) is 133 cm³/mol. The van der Waals surface area contributed by atoms with Gasteiger partial charge in [-0.1, -0.05) is 19.1 Å². The fourth-order valence-electron chi connectivity index (χ4n) is 5.22. The third-order valence-corrected chi connectivity index (χ3v) is 7.38. The van der Waals surface area contributed by atoms with Gasteiger partial charge in [-0.2, -0.15) is 0 Å². The molecule has 1 aromatic heterocycles. The Kier molecular flexibility index (Phi) is 6.56. The molecule has 2 heterocycles. The van der Waals surface area contributed by atoms with Crippen molar-refractivity contribution in [1.29, 1.82) is 0 Å². The number of hydrogen-bond acceptors (Lipinski definition) is 5. The van der Waals surface area contributed by atoms with Gasteiger partial charge in [0, 0.05) is 23.4 Å². The third kappa shape index (κ3) is 4.62. The van der Waals surface area contributed by atoms with Crippen molar-refractivity contribution in [3.05, 3.63) is 71.3 Å². The molecule has 2 aliphatic rings. The minimum atomic E-state index is -0.771. The number of rotatable bonds is 8. The van der Waals surface area contributed by atoms with Crippen LogP contribution in [0.4, 0.5) is 4.39 Å². The molecule has 0 saturated heterocycles. The van der Waals surface area contributed by atoms with Gasteiger partial charge in [-0.25, -0.2) is 4.39 Å². The zero-order valence-corrected chi connectivity index (χ0v) is 20.7. The predicted octanol–water partition coefficient (Wildman–Crippen LogP) is 6.19. The first-order valence-electron chi connectivity index (χ1n) is 12.3. The van der Waals surface area contributed by atoms with Gasteiger partial charge in [0.25, 0.3) is 0 Å². The number of aromatic nitrogens is 1. The molecule has 0 bridgehead atoms. The van der Waals surface area contributed by atoms with Crippen molar-refractivity contribution in [3.63, 3.8) is 0 Å². The van der Waals surface area contributed by atoms with E-state index in [2.05, 4.69) is 17.1 Å². The summed E-state index contributed by atoms with van der Waals surface area (Å²) < 4.78 is 31.8. The van der Waals surface area contributed by atoms with Crippen molar-refractivity contribution in [2.24, 2.45) is 11.8 Å². The van der Waals surface area contributed by atoms with Crippen molar-refractivity contribution < 1.29 is 28.5 Å². The Bertz CT molecular complexity index is 1290. The smallest absolute Gasteiger partial charge is 0.306 e. The van der Waals surface area contributed by atoms with Crippen LogP contribution in [-0.4, -0.2) is 30.3 Å².